The zero-order chi connectivity index (χ0) is 20.6. The molecule has 0 atom stereocenters. The molecule has 1 aliphatic rings. The molecule has 0 aromatic heterocycles. The van der Waals surface area contributed by atoms with Crippen LogP contribution in [0.5, 0.6) is 5.75 Å². The minimum Gasteiger partial charge on any atom is -0.494 e. The second kappa shape index (κ2) is 10.0. The lowest BCUT2D eigenvalue weighted by Crippen LogP contribution is -2.37. The highest BCUT2D eigenvalue weighted by atomic mass is 19.1. The highest BCUT2D eigenvalue weighted by Crippen LogP contribution is 2.14. The van der Waals surface area contributed by atoms with E-state index in [1.807, 2.05) is 36.1 Å². The van der Waals surface area contributed by atoms with Gasteiger partial charge in [0, 0.05) is 38.2 Å². The van der Waals surface area contributed by atoms with E-state index in [1.165, 1.54) is 23.8 Å². The van der Waals surface area contributed by atoms with E-state index in [4.69, 9.17) is 4.74 Å². The normalized spacial score (nSPS) is 14.4. The minimum atomic E-state index is -0.421. The molecule has 0 N–H and O–H groups in total. The third-order valence-electron chi connectivity index (χ3n) is 5.03. The van der Waals surface area contributed by atoms with E-state index >= 15 is 0 Å². The molecule has 0 unspecified atom stereocenters. The van der Waals surface area contributed by atoms with Crippen LogP contribution in [0.1, 0.15) is 35.2 Å². The second-order valence-corrected chi connectivity index (χ2v) is 7.30. The maximum atomic E-state index is 13.4. The number of rotatable bonds is 6. The summed E-state index contributed by atoms with van der Waals surface area (Å²) in [5, 5.41) is 0. The van der Waals surface area contributed by atoms with Crippen molar-refractivity contribution in [2.75, 3.05) is 32.8 Å². The molecule has 0 bridgehead atoms. The first-order valence-corrected chi connectivity index (χ1v) is 10.0. The predicted octanol–water partition coefficient (Wildman–Crippen LogP) is 3.67. The van der Waals surface area contributed by atoms with Crippen LogP contribution in [-0.2, 0) is 4.79 Å². The number of hydrogen-bond acceptors (Lipinski definition) is 3. The van der Waals surface area contributed by atoms with Crippen molar-refractivity contribution in [2.45, 2.75) is 26.2 Å². The first-order chi connectivity index (χ1) is 14.0. The number of hydrogen-bond donors (Lipinski definition) is 0. The molecule has 1 fully saturated rings. The Bertz CT molecular complexity index is 838. The summed E-state index contributed by atoms with van der Waals surface area (Å²) >= 11 is 0. The quantitative estimate of drug-likeness (QED) is 0.698. The zero-order valence-corrected chi connectivity index (χ0v) is 16.8. The maximum absolute atomic E-state index is 13.4. The number of halogens is 1. The average molecular weight is 398 g/mol. The summed E-state index contributed by atoms with van der Waals surface area (Å²) in [5.74, 6) is 0.280. The van der Waals surface area contributed by atoms with Crippen molar-refractivity contribution >= 4 is 11.8 Å². The Kier molecular flexibility index (Phi) is 7.22. The third kappa shape index (κ3) is 6.04. The lowest BCUT2D eigenvalue weighted by Gasteiger charge is -2.22. The third-order valence-corrected chi connectivity index (χ3v) is 5.03. The van der Waals surface area contributed by atoms with Crippen LogP contribution < -0.4 is 4.74 Å². The molecular formula is C23H27FN2O3. The van der Waals surface area contributed by atoms with Crippen LogP contribution in [0, 0.1) is 12.7 Å². The monoisotopic (exact) mass is 398 g/mol. The van der Waals surface area contributed by atoms with Gasteiger partial charge in [-0.05, 0) is 50.1 Å². The molecule has 2 aromatic rings. The molecule has 0 spiro atoms. The van der Waals surface area contributed by atoms with Gasteiger partial charge >= 0.3 is 0 Å². The molecular weight excluding hydrogens is 371 g/mol. The van der Waals surface area contributed by atoms with E-state index in [2.05, 4.69) is 0 Å². The van der Waals surface area contributed by atoms with Crippen molar-refractivity contribution in [2.24, 2.45) is 0 Å². The van der Waals surface area contributed by atoms with Crippen LogP contribution in [0.2, 0.25) is 0 Å². The van der Waals surface area contributed by atoms with E-state index in [9.17, 15) is 14.0 Å². The van der Waals surface area contributed by atoms with Gasteiger partial charge in [-0.15, -0.1) is 0 Å². The Labute approximate surface area is 171 Å². The van der Waals surface area contributed by atoms with Crippen molar-refractivity contribution in [1.82, 2.24) is 9.80 Å². The molecule has 0 aliphatic carbocycles. The summed E-state index contributed by atoms with van der Waals surface area (Å²) in [5.41, 5.74) is 1.52. The van der Waals surface area contributed by atoms with Gasteiger partial charge in [-0.2, -0.15) is 0 Å². The number of nitrogens with zero attached hydrogens (tertiary/aromatic N) is 2. The number of aryl methyl sites for hydroxylation is 1. The van der Waals surface area contributed by atoms with E-state index in [0.29, 0.717) is 57.6 Å². The van der Waals surface area contributed by atoms with Gasteiger partial charge < -0.3 is 14.5 Å². The standard InChI is InChI=1S/C23H27FN2O3/c1-18-8-10-21(11-9-18)29-16-3-7-22(27)25-12-4-13-26(15-14-25)23(28)19-5-2-6-20(24)17-19/h2,5-6,8-11,17H,3-4,7,12-16H2,1H3. The lowest BCUT2D eigenvalue weighted by atomic mass is 10.2. The summed E-state index contributed by atoms with van der Waals surface area (Å²) in [6, 6.07) is 13.6. The van der Waals surface area contributed by atoms with Gasteiger partial charge in [0.15, 0.2) is 0 Å². The van der Waals surface area contributed by atoms with Crippen molar-refractivity contribution in [1.29, 1.82) is 0 Å². The number of carbonyl (C=O) groups is 2. The zero-order valence-electron chi connectivity index (χ0n) is 16.8. The minimum absolute atomic E-state index is 0.0811. The van der Waals surface area contributed by atoms with Gasteiger partial charge in [-0.25, -0.2) is 4.39 Å². The number of carbonyl (C=O) groups excluding carboxylic acids is 2. The Balaban J connectivity index is 1.43. The molecule has 29 heavy (non-hydrogen) atoms. The largest absolute Gasteiger partial charge is 0.494 e. The Morgan fingerprint density at radius 3 is 2.48 bits per heavy atom. The molecule has 3 rings (SSSR count). The smallest absolute Gasteiger partial charge is 0.254 e. The fraction of sp³-hybridized carbons (Fsp3) is 0.391. The lowest BCUT2D eigenvalue weighted by molar-refractivity contribution is -0.131. The van der Waals surface area contributed by atoms with E-state index in [1.54, 1.807) is 11.0 Å². The first kappa shape index (κ1) is 20.8. The van der Waals surface area contributed by atoms with Crippen molar-refractivity contribution in [3.63, 3.8) is 0 Å². The van der Waals surface area contributed by atoms with Crippen LogP contribution in [-0.4, -0.2) is 54.4 Å². The fourth-order valence-corrected chi connectivity index (χ4v) is 3.38. The summed E-state index contributed by atoms with van der Waals surface area (Å²) in [6.45, 7) is 4.67. The van der Waals surface area contributed by atoms with Gasteiger partial charge in [0.1, 0.15) is 11.6 Å². The second-order valence-electron chi connectivity index (χ2n) is 7.30. The van der Waals surface area contributed by atoms with Crippen LogP contribution in [0.4, 0.5) is 4.39 Å². The van der Waals surface area contributed by atoms with Crippen LogP contribution in [0.3, 0.4) is 0 Å². The molecule has 1 aliphatic heterocycles. The summed E-state index contributed by atoms with van der Waals surface area (Å²) in [6.07, 6.45) is 1.78. The van der Waals surface area contributed by atoms with Crippen LogP contribution in [0.15, 0.2) is 48.5 Å². The van der Waals surface area contributed by atoms with Crippen molar-refractivity contribution < 1.29 is 18.7 Å². The molecule has 1 saturated heterocycles. The predicted molar refractivity (Wildman–Crippen MR) is 109 cm³/mol. The van der Waals surface area contributed by atoms with Crippen molar-refractivity contribution in [3.05, 3.63) is 65.5 Å². The van der Waals surface area contributed by atoms with Crippen LogP contribution in [0.25, 0.3) is 0 Å². The van der Waals surface area contributed by atoms with Crippen LogP contribution >= 0.6 is 0 Å². The van der Waals surface area contributed by atoms with Crippen molar-refractivity contribution in [3.8, 4) is 5.75 Å². The topological polar surface area (TPSA) is 49.9 Å². The van der Waals surface area contributed by atoms with Gasteiger partial charge in [-0.3, -0.25) is 9.59 Å². The molecule has 5 nitrogen and oxygen atoms in total. The first-order valence-electron chi connectivity index (χ1n) is 10.0. The summed E-state index contributed by atoms with van der Waals surface area (Å²) < 4.78 is 19.1. The highest BCUT2D eigenvalue weighted by molar-refractivity contribution is 5.94. The average Bonchev–Trinajstić information content (AvgIpc) is 2.98. The van der Waals surface area contributed by atoms with Gasteiger partial charge in [0.2, 0.25) is 5.91 Å². The Morgan fingerprint density at radius 1 is 1.00 bits per heavy atom. The molecule has 154 valence electrons. The molecule has 0 radical (unpaired) electrons. The number of ether oxygens (including phenoxy) is 1. The Hall–Kier alpha value is -2.89. The number of benzene rings is 2. The summed E-state index contributed by atoms with van der Waals surface area (Å²) in [7, 11) is 0. The van der Waals surface area contributed by atoms with E-state index in [0.717, 1.165) is 5.75 Å². The van der Waals surface area contributed by atoms with Gasteiger partial charge in [-0.1, -0.05) is 23.8 Å². The molecule has 2 amide bonds. The highest BCUT2D eigenvalue weighted by Gasteiger charge is 2.22. The summed E-state index contributed by atoms with van der Waals surface area (Å²) in [4.78, 5) is 28.6. The van der Waals surface area contributed by atoms with E-state index in [-0.39, 0.29) is 11.8 Å². The molecule has 1 heterocycles. The SMILES string of the molecule is Cc1ccc(OCCCC(=O)N2CCCN(C(=O)c3cccc(F)c3)CC2)cc1. The Morgan fingerprint density at radius 2 is 1.72 bits per heavy atom. The molecule has 0 saturated carbocycles. The fourth-order valence-electron chi connectivity index (χ4n) is 3.38. The molecule has 6 heteroatoms. The maximum Gasteiger partial charge on any atom is 0.254 e. The molecule has 2 aromatic carbocycles. The van der Waals surface area contributed by atoms with E-state index < -0.39 is 5.82 Å². The number of amides is 2. The van der Waals surface area contributed by atoms with Gasteiger partial charge in [0.25, 0.3) is 5.91 Å². The van der Waals surface area contributed by atoms with Gasteiger partial charge in [0.05, 0.1) is 6.61 Å².